The van der Waals surface area contributed by atoms with Crippen LogP contribution in [0.5, 0.6) is 5.75 Å². The molecule has 2 atom stereocenters. The van der Waals surface area contributed by atoms with Crippen molar-refractivity contribution in [2.24, 2.45) is 5.73 Å². The van der Waals surface area contributed by atoms with Crippen LogP contribution >= 0.6 is 0 Å². The predicted molar refractivity (Wildman–Crippen MR) is 87.9 cm³/mol. The minimum absolute atomic E-state index is 0.117. The van der Waals surface area contributed by atoms with E-state index in [9.17, 15) is 0 Å². The van der Waals surface area contributed by atoms with Gasteiger partial charge in [0.15, 0.2) is 0 Å². The van der Waals surface area contributed by atoms with Gasteiger partial charge in [0.1, 0.15) is 5.75 Å². The third-order valence-corrected chi connectivity index (χ3v) is 4.50. The van der Waals surface area contributed by atoms with E-state index in [0.717, 1.165) is 31.8 Å². The number of aryl methyl sites for hydroxylation is 1. The number of rotatable bonds is 4. The highest BCUT2D eigenvalue weighted by Gasteiger charge is 2.26. The third-order valence-electron chi connectivity index (χ3n) is 4.50. The topological polar surface area (TPSA) is 41.7 Å². The lowest BCUT2D eigenvalue weighted by atomic mass is 9.97. The number of benzene rings is 1. The summed E-state index contributed by atoms with van der Waals surface area (Å²) in [5.41, 5.74) is 9.02. The Morgan fingerprint density at radius 2 is 2.10 bits per heavy atom. The molecule has 0 aromatic heterocycles. The van der Waals surface area contributed by atoms with Crippen LogP contribution in [-0.4, -0.2) is 62.7 Å². The Bertz CT molecular complexity index is 463. The van der Waals surface area contributed by atoms with Gasteiger partial charge in [-0.15, -0.1) is 0 Å². The molecule has 0 bridgehead atoms. The molecule has 0 aliphatic carbocycles. The molecule has 1 saturated heterocycles. The second-order valence-corrected chi connectivity index (χ2v) is 6.35. The molecule has 1 heterocycles. The van der Waals surface area contributed by atoms with Crippen LogP contribution in [-0.2, 0) is 6.42 Å². The monoisotopic (exact) mass is 291 g/mol. The maximum absolute atomic E-state index is 6.55. The number of methoxy groups -OCH3 is 1. The van der Waals surface area contributed by atoms with Crippen LogP contribution in [0.15, 0.2) is 18.2 Å². The molecule has 118 valence electrons. The molecule has 2 rings (SSSR count). The van der Waals surface area contributed by atoms with Gasteiger partial charge in [-0.25, -0.2) is 0 Å². The standard InChI is InChI=1S/C17H29N3O/c1-13-6-7-17(21-4)14(10-13)11-15(18)16-12-19(2)8-5-9-20(16)3/h6-7,10,15-16H,5,8-9,11-12,18H2,1-4H3. The molecule has 1 aromatic rings. The first kappa shape index (κ1) is 16.3. The average molecular weight is 291 g/mol. The molecule has 1 aromatic carbocycles. The Hall–Kier alpha value is -1.10. The zero-order valence-electron chi connectivity index (χ0n) is 13.8. The van der Waals surface area contributed by atoms with Gasteiger partial charge in [-0.1, -0.05) is 17.7 Å². The number of ether oxygens (including phenoxy) is 1. The molecule has 2 unspecified atom stereocenters. The van der Waals surface area contributed by atoms with Gasteiger partial charge in [0.25, 0.3) is 0 Å². The molecule has 0 amide bonds. The Morgan fingerprint density at radius 3 is 2.81 bits per heavy atom. The van der Waals surface area contributed by atoms with Gasteiger partial charge in [0.2, 0.25) is 0 Å². The lowest BCUT2D eigenvalue weighted by Gasteiger charge is -2.32. The highest BCUT2D eigenvalue weighted by molar-refractivity contribution is 5.37. The second kappa shape index (κ2) is 7.25. The lowest BCUT2D eigenvalue weighted by Crippen LogP contribution is -2.51. The van der Waals surface area contributed by atoms with E-state index in [-0.39, 0.29) is 6.04 Å². The molecule has 0 saturated carbocycles. The van der Waals surface area contributed by atoms with Crippen LogP contribution in [0, 0.1) is 6.92 Å². The van der Waals surface area contributed by atoms with Crippen molar-refractivity contribution < 1.29 is 4.74 Å². The van der Waals surface area contributed by atoms with Crippen LogP contribution < -0.4 is 10.5 Å². The van der Waals surface area contributed by atoms with Crippen molar-refractivity contribution in [1.29, 1.82) is 0 Å². The molecule has 1 fully saturated rings. The zero-order valence-corrected chi connectivity index (χ0v) is 13.8. The first-order valence-corrected chi connectivity index (χ1v) is 7.79. The van der Waals surface area contributed by atoms with Crippen LogP contribution in [0.1, 0.15) is 17.5 Å². The van der Waals surface area contributed by atoms with E-state index in [1.807, 2.05) is 6.07 Å². The van der Waals surface area contributed by atoms with Gasteiger partial charge in [0.05, 0.1) is 7.11 Å². The van der Waals surface area contributed by atoms with Crippen LogP contribution in [0.4, 0.5) is 0 Å². The van der Waals surface area contributed by atoms with Gasteiger partial charge in [0, 0.05) is 18.6 Å². The van der Waals surface area contributed by atoms with E-state index in [0.29, 0.717) is 6.04 Å². The SMILES string of the molecule is COc1ccc(C)cc1CC(N)C1CN(C)CCCN1C. The van der Waals surface area contributed by atoms with E-state index in [4.69, 9.17) is 10.5 Å². The number of likely N-dealkylation sites (N-methyl/N-ethyl adjacent to an activating group) is 2. The summed E-state index contributed by atoms with van der Waals surface area (Å²) in [4.78, 5) is 4.80. The number of nitrogens with zero attached hydrogens (tertiary/aromatic N) is 2. The highest BCUT2D eigenvalue weighted by Crippen LogP contribution is 2.22. The van der Waals surface area contributed by atoms with Gasteiger partial charge < -0.3 is 20.3 Å². The summed E-state index contributed by atoms with van der Waals surface area (Å²) in [6.07, 6.45) is 2.07. The fraction of sp³-hybridized carbons (Fsp3) is 0.647. The van der Waals surface area contributed by atoms with E-state index < -0.39 is 0 Å². The van der Waals surface area contributed by atoms with Gasteiger partial charge >= 0.3 is 0 Å². The predicted octanol–water partition coefficient (Wildman–Crippen LogP) is 1.51. The Kier molecular flexibility index (Phi) is 5.62. The molecule has 4 heteroatoms. The first-order valence-electron chi connectivity index (χ1n) is 7.79. The molecular formula is C17H29N3O. The number of nitrogens with two attached hydrogens (primary N) is 1. The fourth-order valence-corrected chi connectivity index (χ4v) is 3.22. The number of hydrogen-bond donors (Lipinski definition) is 1. The van der Waals surface area contributed by atoms with Crippen molar-refractivity contribution in [3.05, 3.63) is 29.3 Å². The van der Waals surface area contributed by atoms with Crippen LogP contribution in [0.3, 0.4) is 0 Å². The van der Waals surface area contributed by atoms with Crippen molar-refractivity contribution >= 4 is 0 Å². The summed E-state index contributed by atoms with van der Waals surface area (Å²) < 4.78 is 5.48. The maximum atomic E-state index is 6.55. The van der Waals surface area contributed by atoms with Gasteiger partial charge in [-0.05, 0) is 58.6 Å². The van der Waals surface area contributed by atoms with Crippen molar-refractivity contribution in [1.82, 2.24) is 9.80 Å². The summed E-state index contributed by atoms with van der Waals surface area (Å²) in [7, 11) is 6.11. The fourth-order valence-electron chi connectivity index (χ4n) is 3.22. The maximum Gasteiger partial charge on any atom is 0.122 e. The molecule has 1 aliphatic rings. The molecule has 0 spiro atoms. The summed E-state index contributed by atoms with van der Waals surface area (Å²) in [6.45, 7) is 5.42. The summed E-state index contributed by atoms with van der Waals surface area (Å²) in [5, 5.41) is 0. The van der Waals surface area contributed by atoms with E-state index in [1.54, 1.807) is 7.11 Å². The minimum Gasteiger partial charge on any atom is -0.496 e. The normalized spacial score (nSPS) is 22.8. The number of hydrogen-bond acceptors (Lipinski definition) is 4. The van der Waals surface area contributed by atoms with Crippen molar-refractivity contribution in [3.8, 4) is 5.75 Å². The van der Waals surface area contributed by atoms with Crippen molar-refractivity contribution in [3.63, 3.8) is 0 Å². The quantitative estimate of drug-likeness (QED) is 0.913. The van der Waals surface area contributed by atoms with Crippen molar-refractivity contribution in [2.75, 3.05) is 40.8 Å². The summed E-state index contributed by atoms with van der Waals surface area (Å²) >= 11 is 0. The van der Waals surface area contributed by atoms with E-state index >= 15 is 0 Å². The Labute approximate surface area is 128 Å². The molecule has 2 N–H and O–H groups in total. The second-order valence-electron chi connectivity index (χ2n) is 6.35. The molecule has 0 radical (unpaired) electrons. The van der Waals surface area contributed by atoms with Crippen LogP contribution in [0.2, 0.25) is 0 Å². The Balaban J connectivity index is 2.12. The Morgan fingerprint density at radius 1 is 1.33 bits per heavy atom. The first-order chi connectivity index (χ1) is 10.0. The van der Waals surface area contributed by atoms with Gasteiger partial charge in [-0.2, -0.15) is 0 Å². The summed E-state index contributed by atoms with van der Waals surface area (Å²) in [6, 6.07) is 6.83. The van der Waals surface area contributed by atoms with Crippen LogP contribution in [0.25, 0.3) is 0 Å². The third kappa shape index (κ3) is 4.19. The lowest BCUT2D eigenvalue weighted by molar-refractivity contribution is 0.194. The molecule has 1 aliphatic heterocycles. The van der Waals surface area contributed by atoms with Crippen molar-refractivity contribution in [2.45, 2.75) is 31.8 Å². The van der Waals surface area contributed by atoms with E-state index in [1.165, 1.54) is 17.5 Å². The molecule has 4 nitrogen and oxygen atoms in total. The molecular weight excluding hydrogens is 262 g/mol. The van der Waals surface area contributed by atoms with Gasteiger partial charge in [-0.3, -0.25) is 0 Å². The largest absolute Gasteiger partial charge is 0.496 e. The molecule has 21 heavy (non-hydrogen) atoms. The highest BCUT2D eigenvalue weighted by atomic mass is 16.5. The average Bonchev–Trinajstić information content (AvgIpc) is 2.60. The summed E-state index contributed by atoms with van der Waals surface area (Å²) in [5.74, 6) is 0.945. The smallest absolute Gasteiger partial charge is 0.122 e. The van der Waals surface area contributed by atoms with E-state index in [2.05, 4.69) is 43.0 Å². The zero-order chi connectivity index (χ0) is 15.4. The minimum atomic E-state index is 0.117.